The third-order valence-corrected chi connectivity index (χ3v) is 8.79. The van der Waals surface area contributed by atoms with Crippen LogP contribution in [0.5, 0.6) is 0 Å². The van der Waals surface area contributed by atoms with Crippen molar-refractivity contribution in [2.75, 3.05) is 4.90 Å². The molecule has 1 aromatic rings. The van der Waals surface area contributed by atoms with Crippen LogP contribution >= 0.6 is 31.9 Å². The molecule has 1 aromatic carbocycles. The summed E-state index contributed by atoms with van der Waals surface area (Å²) in [5, 5.41) is 0. The highest BCUT2D eigenvalue weighted by molar-refractivity contribution is 9.12. The summed E-state index contributed by atoms with van der Waals surface area (Å²) in [6.07, 6.45) is 0.972. The number of alkyl halides is 2. The van der Waals surface area contributed by atoms with E-state index in [1.165, 1.54) is 4.90 Å². The van der Waals surface area contributed by atoms with Crippen LogP contribution in [0.2, 0.25) is 0 Å². The smallest absolute Gasteiger partial charge is 0.238 e. The fourth-order valence-electron chi connectivity index (χ4n) is 4.64. The second-order valence-corrected chi connectivity index (χ2v) is 8.92. The number of hydrogen-bond donors (Lipinski definition) is 0. The average molecular weight is 427 g/mol. The van der Waals surface area contributed by atoms with Gasteiger partial charge >= 0.3 is 0 Å². The van der Waals surface area contributed by atoms with Gasteiger partial charge in [0, 0.05) is 9.65 Å². The van der Waals surface area contributed by atoms with Gasteiger partial charge in [0.05, 0.1) is 17.5 Å². The molecular weight excluding hydrogens is 410 g/mol. The molecule has 4 rings (SSSR count). The number of carbonyl (C=O) groups excluding carboxylic acids is 2. The molecule has 3 nitrogen and oxygen atoms in total. The molecule has 6 atom stereocenters. The number of imide groups is 1. The molecular formula is C17H17Br2NO2. The Kier molecular flexibility index (Phi) is 3.32. The lowest BCUT2D eigenvalue weighted by Crippen LogP contribution is -2.37. The van der Waals surface area contributed by atoms with Crippen LogP contribution in [-0.2, 0) is 9.59 Å². The monoisotopic (exact) mass is 425 g/mol. The molecule has 22 heavy (non-hydrogen) atoms. The molecule has 5 heteroatoms. The fourth-order valence-corrected chi connectivity index (χ4v) is 6.52. The highest BCUT2D eigenvalue weighted by Crippen LogP contribution is 2.60. The third-order valence-electron chi connectivity index (χ3n) is 5.58. The number of halogens is 2. The minimum atomic E-state index is -0.142. The Balaban J connectivity index is 1.76. The molecule has 0 radical (unpaired) electrons. The quantitative estimate of drug-likeness (QED) is 0.508. The number of anilines is 1. The summed E-state index contributed by atoms with van der Waals surface area (Å²) in [5.74, 6) is 0.252. The number of aryl methyl sites for hydroxylation is 2. The number of fused-ring (bicyclic) bond motifs is 5. The number of amides is 2. The molecule has 1 aliphatic heterocycles. The highest BCUT2D eigenvalue weighted by atomic mass is 79.9. The second-order valence-electron chi connectivity index (χ2n) is 6.81. The van der Waals surface area contributed by atoms with Crippen LogP contribution in [0.1, 0.15) is 17.5 Å². The standard InChI is InChI=1S/C17H17Br2NO2/c1-7-3-4-11(8(2)5-7)20-16(21)12-9-6-10(13(12)17(20)22)15(19)14(9)18/h3-5,9-10,12-15H,6H2,1-2H3/t9-,10-,12-,13-,14+,15+/m1/s1. The van der Waals surface area contributed by atoms with Crippen molar-refractivity contribution >= 4 is 49.4 Å². The van der Waals surface area contributed by atoms with Crippen molar-refractivity contribution in [2.45, 2.75) is 29.9 Å². The van der Waals surface area contributed by atoms with Gasteiger partial charge in [-0.3, -0.25) is 9.59 Å². The van der Waals surface area contributed by atoms with E-state index < -0.39 is 0 Å². The van der Waals surface area contributed by atoms with Crippen LogP contribution in [0.25, 0.3) is 0 Å². The summed E-state index contributed by atoms with van der Waals surface area (Å²) in [5.41, 5.74) is 2.88. The zero-order valence-electron chi connectivity index (χ0n) is 12.4. The summed E-state index contributed by atoms with van der Waals surface area (Å²) in [7, 11) is 0. The lowest BCUT2D eigenvalue weighted by atomic mass is 9.81. The minimum absolute atomic E-state index is 0.00157. The first-order valence-electron chi connectivity index (χ1n) is 7.65. The molecule has 0 N–H and O–H groups in total. The lowest BCUT2D eigenvalue weighted by molar-refractivity contribution is -0.123. The number of nitrogens with zero attached hydrogens (tertiary/aromatic N) is 1. The zero-order chi connectivity index (χ0) is 15.8. The van der Waals surface area contributed by atoms with Gasteiger partial charge in [-0.2, -0.15) is 0 Å². The van der Waals surface area contributed by atoms with Crippen LogP contribution in [0, 0.1) is 37.5 Å². The maximum absolute atomic E-state index is 12.9. The highest BCUT2D eigenvalue weighted by Gasteiger charge is 2.66. The van der Waals surface area contributed by atoms with E-state index in [4.69, 9.17) is 0 Å². The zero-order valence-corrected chi connectivity index (χ0v) is 15.6. The van der Waals surface area contributed by atoms with Gasteiger partial charge in [0.2, 0.25) is 11.8 Å². The van der Waals surface area contributed by atoms with Crippen molar-refractivity contribution in [1.82, 2.24) is 0 Å². The van der Waals surface area contributed by atoms with Crippen LogP contribution in [0.4, 0.5) is 5.69 Å². The van der Waals surface area contributed by atoms with E-state index in [9.17, 15) is 9.59 Å². The van der Waals surface area contributed by atoms with E-state index >= 15 is 0 Å². The van der Waals surface area contributed by atoms with E-state index in [-0.39, 0.29) is 45.1 Å². The molecule has 116 valence electrons. The lowest BCUT2D eigenvalue weighted by Gasteiger charge is -2.28. The van der Waals surface area contributed by atoms with Gasteiger partial charge in [0.15, 0.2) is 0 Å². The predicted octanol–water partition coefficient (Wildman–Crippen LogP) is 3.59. The van der Waals surface area contributed by atoms with Gasteiger partial charge in [-0.25, -0.2) is 4.90 Å². The Morgan fingerprint density at radius 2 is 1.55 bits per heavy atom. The van der Waals surface area contributed by atoms with Crippen LogP contribution in [0.15, 0.2) is 18.2 Å². The Morgan fingerprint density at radius 1 is 1.00 bits per heavy atom. The summed E-state index contributed by atoms with van der Waals surface area (Å²) < 4.78 is 0. The number of hydrogen-bond acceptors (Lipinski definition) is 2. The molecule has 1 saturated heterocycles. The van der Waals surface area contributed by atoms with E-state index in [2.05, 4.69) is 31.9 Å². The first-order chi connectivity index (χ1) is 10.4. The average Bonchev–Trinajstić information content (AvgIpc) is 3.06. The third kappa shape index (κ3) is 1.78. The second kappa shape index (κ2) is 4.91. The topological polar surface area (TPSA) is 37.4 Å². The van der Waals surface area contributed by atoms with Crippen molar-refractivity contribution in [1.29, 1.82) is 0 Å². The van der Waals surface area contributed by atoms with Gasteiger partial charge in [-0.05, 0) is 43.7 Å². The summed E-state index contributed by atoms with van der Waals surface area (Å²) in [6, 6.07) is 5.89. The van der Waals surface area contributed by atoms with E-state index in [0.717, 1.165) is 23.2 Å². The van der Waals surface area contributed by atoms with Gasteiger partial charge < -0.3 is 0 Å². The normalized spacial score (nSPS) is 39.7. The maximum Gasteiger partial charge on any atom is 0.238 e. The van der Waals surface area contributed by atoms with Crippen molar-refractivity contribution < 1.29 is 9.59 Å². The van der Waals surface area contributed by atoms with Crippen molar-refractivity contribution in [2.24, 2.45) is 23.7 Å². The van der Waals surface area contributed by atoms with E-state index in [1.54, 1.807) is 0 Å². The van der Waals surface area contributed by atoms with Crippen molar-refractivity contribution in [3.05, 3.63) is 29.3 Å². The minimum Gasteiger partial charge on any atom is -0.274 e. The molecule has 0 spiro atoms. The molecule has 2 amide bonds. The molecule has 3 fully saturated rings. The Bertz CT molecular complexity index is 657. The fraction of sp³-hybridized carbons (Fsp3) is 0.529. The first kappa shape index (κ1) is 14.9. The summed E-state index contributed by atoms with van der Waals surface area (Å²) in [6.45, 7) is 3.98. The molecule has 0 aromatic heterocycles. The SMILES string of the molecule is Cc1ccc(N2C(=O)[C@@H]3[C@H]4C[C@@H]([C@H](Br)[C@H]4Br)[C@H]3C2=O)c(C)c1. The molecule has 1 heterocycles. The first-order valence-corrected chi connectivity index (χ1v) is 9.48. The number of carbonyl (C=O) groups is 2. The van der Waals surface area contributed by atoms with Crippen molar-refractivity contribution in [3.8, 4) is 0 Å². The summed E-state index contributed by atoms with van der Waals surface area (Å²) in [4.78, 5) is 27.9. The van der Waals surface area contributed by atoms with Crippen molar-refractivity contribution in [3.63, 3.8) is 0 Å². The van der Waals surface area contributed by atoms with Crippen LogP contribution < -0.4 is 4.90 Å². The molecule has 3 aliphatic rings. The maximum atomic E-state index is 12.9. The Morgan fingerprint density at radius 3 is 2.05 bits per heavy atom. The van der Waals surface area contributed by atoms with E-state index in [0.29, 0.717) is 0 Å². The molecule has 2 bridgehead atoms. The largest absolute Gasteiger partial charge is 0.274 e. The van der Waals surface area contributed by atoms with Gasteiger partial charge in [-0.1, -0.05) is 49.6 Å². The van der Waals surface area contributed by atoms with Crippen LogP contribution in [-0.4, -0.2) is 21.5 Å². The summed E-state index contributed by atoms with van der Waals surface area (Å²) >= 11 is 7.43. The van der Waals surface area contributed by atoms with Gasteiger partial charge in [-0.15, -0.1) is 0 Å². The molecule has 0 unspecified atom stereocenters. The predicted molar refractivity (Wildman–Crippen MR) is 92.4 cm³/mol. The Labute approximate surface area is 146 Å². The number of rotatable bonds is 1. The van der Waals surface area contributed by atoms with Gasteiger partial charge in [0.25, 0.3) is 0 Å². The van der Waals surface area contributed by atoms with Gasteiger partial charge in [0.1, 0.15) is 0 Å². The Hall–Kier alpha value is -0.680. The van der Waals surface area contributed by atoms with Crippen LogP contribution in [0.3, 0.4) is 0 Å². The van der Waals surface area contributed by atoms with E-state index in [1.807, 2.05) is 32.0 Å². The molecule has 2 saturated carbocycles. The number of benzene rings is 1. The molecule has 2 aliphatic carbocycles.